The zero-order valence-corrected chi connectivity index (χ0v) is 16.1. The van der Waals surface area contributed by atoms with Crippen molar-refractivity contribution in [2.45, 2.75) is 89.9 Å². The van der Waals surface area contributed by atoms with E-state index in [1.165, 1.54) is 51.4 Å². The van der Waals surface area contributed by atoms with Gasteiger partial charge in [0.25, 0.3) is 0 Å². The van der Waals surface area contributed by atoms with Crippen LogP contribution in [0.15, 0.2) is 0 Å². The van der Waals surface area contributed by atoms with Crippen molar-refractivity contribution in [1.29, 1.82) is 0 Å². The van der Waals surface area contributed by atoms with Gasteiger partial charge in [-0.15, -0.1) is 0 Å². The predicted molar refractivity (Wildman–Crippen MR) is 97.9 cm³/mol. The monoisotopic (exact) mass is 377 g/mol. The van der Waals surface area contributed by atoms with Crippen LogP contribution in [-0.4, -0.2) is 33.3 Å². The molecule has 0 bridgehead atoms. The van der Waals surface area contributed by atoms with Crippen LogP contribution >= 0.6 is 0 Å². The second-order valence-corrected chi connectivity index (χ2v) is 20.3. The van der Waals surface area contributed by atoms with Crippen molar-refractivity contribution in [3.8, 4) is 0 Å². The molecule has 19 heavy (non-hydrogen) atoms. The number of hydrogen-bond acceptors (Lipinski definition) is 1. The Hall–Kier alpha value is 0.824. The van der Waals surface area contributed by atoms with Gasteiger partial charge in [0.05, 0.1) is 8.41 Å². The van der Waals surface area contributed by atoms with Gasteiger partial charge in [-0.3, -0.25) is 0 Å². The van der Waals surface area contributed by atoms with E-state index in [0.29, 0.717) is 0 Å². The Morgan fingerprint density at radius 3 is 1.32 bits per heavy atom. The molecule has 0 spiro atoms. The Labute approximate surface area is 128 Å². The average Bonchev–Trinajstić information content (AvgIpc) is 2.40. The zero-order valence-electron chi connectivity index (χ0n) is 13.3. The molecule has 0 amide bonds. The molecule has 0 saturated carbocycles. The zero-order chi connectivity index (χ0) is 13.7. The standard InChI is InChI=1S/C4H10N.3C4H9.BH3.Sn/c1-2-3-4-5;3*1-3-4-2;;/h1-5H2;3*1,3-4H2,2H3;1H3;. The number of unbranched alkanes of at least 4 members (excludes halogenated alkanes) is 4. The van der Waals surface area contributed by atoms with Crippen molar-refractivity contribution in [2.75, 3.05) is 6.54 Å². The Balaban J connectivity index is 0. The van der Waals surface area contributed by atoms with Gasteiger partial charge in [0, 0.05) is 0 Å². The fraction of sp³-hybridized carbons (Fsp3) is 1.00. The summed E-state index contributed by atoms with van der Waals surface area (Å²) in [4.78, 5) is 0. The van der Waals surface area contributed by atoms with Crippen LogP contribution in [0.3, 0.4) is 0 Å². The van der Waals surface area contributed by atoms with Gasteiger partial charge in [-0.1, -0.05) is 0 Å². The summed E-state index contributed by atoms with van der Waals surface area (Å²) in [6.07, 6.45) is 11.4. The summed E-state index contributed by atoms with van der Waals surface area (Å²) < 4.78 is 6.62. The number of hydrogen-bond donors (Lipinski definition) is 1. The third-order valence-corrected chi connectivity index (χ3v) is 20.5. The molecule has 0 aromatic rings. The van der Waals surface area contributed by atoms with E-state index in [1.807, 2.05) is 0 Å². The van der Waals surface area contributed by atoms with Crippen molar-refractivity contribution in [3.05, 3.63) is 0 Å². The summed E-state index contributed by atoms with van der Waals surface area (Å²) in [6, 6.07) is 0. The van der Waals surface area contributed by atoms with Crippen molar-refractivity contribution >= 4 is 26.8 Å². The molecular weight excluding hydrogens is 336 g/mol. The first kappa shape index (κ1) is 22.1. The van der Waals surface area contributed by atoms with Gasteiger partial charge in [-0.05, 0) is 0 Å². The van der Waals surface area contributed by atoms with Crippen molar-refractivity contribution < 1.29 is 0 Å². The molecule has 0 aliphatic rings. The molecule has 0 radical (unpaired) electrons. The van der Waals surface area contributed by atoms with E-state index >= 15 is 0 Å². The molecule has 0 heterocycles. The fourth-order valence-corrected chi connectivity index (χ4v) is 19.6. The van der Waals surface area contributed by atoms with E-state index in [4.69, 9.17) is 5.73 Å². The molecule has 0 rings (SSSR count). The van der Waals surface area contributed by atoms with E-state index in [2.05, 4.69) is 20.8 Å². The number of nitrogens with two attached hydrogens (primary N) is 1. The molecule has 0 atom stereocenters. The van der Waals surface area contributed by atoms with Crippen molar-refractivity contribution in [2.24, 2.45) is 5.73 Å². The minimum absolute atomic E-state index is 0. The first-order valence-corrected chi connectivity index (χ1v) is 16.5. The summed E-state index contributed by atoms with van der Waals surface area (Å²) in [7, 11) is 0. The number of rotatable bonds is 13. The minimum atomic E-state index is -1.77. The molecule has 0 aromatic heterocycles. The van der Waals surface area contributed by atoms with Crippen LogP contribution in [0.4, 0.5) is 0 Å². The summed E-state index contributed by atoms with van der Waals surface area (Å²) in [6.45, 7) is 7.97. The Bertz CT molecular complexity index is 154. The Kier molecular flexibility index (Phi) is 17.7. The molecule has 1 nitrogen and oxygen atoms in total. The van der Waals surface area contributed by atoms with Crippen LogP contribution in [0.2, 0.25) is 17.7 Å². The SMILES string of the molecule is B.CCC[CH2][Sn]([CH2]CCC)([CH2]CCC)[CH2]CCCN. The third-order valence-electron chi connectivity index (χ3n) is 4.34. The van der Waals surface area contributed by atoms with E-state index in [9.17, 15) is 0 Å². The molecular formula is C16H40BNSn. The summed E-state index contributed by atoms with van der Waals surface area (Å²) >= 11 is -1.77. The summed E-state index contributed by atoms with van der Waals surface area (Å²) in [5.74, 6) is 0. The topological polar surface area (TPSA) is 26.0 Å². The predicted octanol–water partition coefficient (Wildman–Crippen LogP) is 4.39. The molecule has 0 unspecified atom stereocenters. The molecule has 0 aliphatic carbocycles. The second-order valence-electron chi connectivity index (χ2n) is 6.06. The normalized spacial score (nSPS) is 11.4. The average molecular weight is 376 g/mol. The van der Waals surface area contributed by atoms with Crippen molar-refractivity contribution in [1.82, 2.24) is 0 Å². The molecule has 2 N–H and O–H groups in total. The summed E-state index contributed by atoms with van der Waals surface area (Å²) in [5, 5.41) is 0. The van der Waals surface area contributed by atoms with Gasteiger partial charge in [-0.25, -0.2) is 0 Å². The van der Waals surface area contributed by atoms with Gasteiger partial charge in [0.1, 0.15) is 0 Å². The molecule has 116 valence electrons. The van der Waals surface area contributed by atoms with Crippen LogP contribution in [0, 0.1) is 0 Å². The van der Waals surface area contributed by atoms with E-state index < -0.39 is 18.4 Å². The van der Waals surface area contributed by atoms with Crippen LogP contribution in [-0.2, 0) is 0 Å². The van der Waals surface area contributed by atoms with E-state index in [1.54, 1.807) is 17.7 Å². The fourth-order valence-electron chi connectivity index (χ4n) is 3.05. The van der Waals surface area contributed by atoms with Crippen LogP contribution < -0.4 is 5.73 Å². The molecule has 0 fully saturated rings. The Morgan fingerprint density at radius 2 is 1.00 bits per heavy atom. The molecule has 0 saturated heterocycles. The van der Waals surface area contributed by atoms with Crippen LogP contribution in [0.5, 0.6) is 0 Å². The van der Waals surface area contributed by atoms with Gasteiger partial charge >= 0.3 is 121 Å². The Morgan fingerprint density at radius 1 is 0.632 bits per heavy atom. The molecule has 0 aliphatic heterocycles. The third kappa shape index (κ3) is 11.2. The van der Waals surface area contributed by atoms with Crippen LogP contribution in [0.25, 0.3) is 0 Å². The maximum absolute atomic E-state index is 5.68. The molecule has 3 heteroatoms. The first-order valence-electron chi connectivity index (χ1n) is 8.44. The molecule has 0 aromatic carbocycles. The van der Waals surface area contributed by atoms with Gasteiger partial charge in [0.15, 0.2) is 0 Å². The summed E-state index contributed by atoms with van der Waals surface area (Å²) in [5.41, 5.74) is 5.68. The van der Waals surface area contributed by atoms with Crippen LogP contribution in [0.1, 0.15) is 72.1 Å². The van der Waals surface area contributed by atoms with Gasteiger partial charge < -0.3 is 0 Å². The van der Waals surface area contributed by atoms with E-state index in [0.717, 1.165) is 6.54 Å². The van der Waals surface area contributed by atoms with E-state index in [-0.39, 0.29) is 8.41 Å². The maximum atomic E-state index is 5.68. The van der Waals surface area contributed by atoms with Gasteiger partial charge in [-0.2, -0.15) is 0 Å². The first-order chi connectivity index (χ1) is 8.74. The van der Waals surface area contributed by atoms with Gasteiger partial charge in [0.2, 0.25) is 0 Å². The van der Waals surface area contributed by atoms with Crippen molar-refractivity contribution in [3.63, 3.8) is 0 Å². The quantitative estimate of drug-likeness (QED) is 0.375. The second kappa shape index (κ2) is 15.2.